The number of nitrogens with zero attached hydrogens (tertiary/aromatic N) is 2. The van der Waals surface area contributed by atoms with E-state index in [1.165, 1.54) is 5.56 Å². The molecule has 5 heteroatoms. The van der Waals surface area contributed by atoms with Gasteiger partial charge in [-0.3, -0.25) is 4.79 Å². The largest absolute Gasteiger partial charge is 0.444 e. The molecular formula is C23H30N2O3. The van der Waals surface area contributed by atoms with E-state index in [4.69, 9.17) is 11.2 Å². The van der Waals surface area contributed by atoms with Crippen LogP contribution < -0.4 is 0 Å². The van der Waals surface area contributed by atoms with E-state index in [9.17, 15) is 9.59 Å². The summed E-state index contributed by atoms with van der Waals surface area (Å²) in [6.07, 6.45) is 7.31. The molecule has 2 heterocycles. The van der Waals surface area contributed by atoms with Gasteiger partial charge >= 0.3 is 6.09 Å². The number of carbonyl (C=O) groups is 2. The smallest absolute Gasteiger partial charge is 0.410 e. The van der Waals surface area contributed by atoms with Crippen LogP contribution in [0.5, 0.6) is 0 Å². The molecule has 28 heavy (non-hydrogen) atoms. The minimum absolute atomic E-state index is 0.00201. The number of amides is 2. The van der Waals surface area contributed by atoms with Gasteiger partial charge in [-0.1, -0.05) is 30.3 Å². The first-order valence-corrected chi connectivity index (χ1v) is 10.00. The van der Waals surface area contributed by atoms with Crippen molar-refractivity contribution in [3.63, 3.8) is 0 Å². The van der Waals surface area contributed by atoms with Crippen molar-refractivity contribution in [1.82, 2.24) is 9.80 Å². The van der Waals surface area contributed by atoms with E-state index in [1.807, 2.05) is 43.9 Å². The summed E-state index contributed by atoms with van der Waals surface area (Å²) in [5, 5.41) is 0. The minimum atomic E-state index is -0.503. The maximum atomic E-state index is 12.5. The predicted molar refractivity (Wildman–Crippen MR) is 109 cm³/mol. The molecule has 0 N–H and O–H groups in total. The summed E-state index contributed by atoms with van der Waals surface area (Å²) in [6.45, 7) is 8.14. The van der Waals surface area contributed by atoms with Crippen LogP contribution in [0.2, 0.25) is 0 Å². The second-order valence-electron chi connectivity index (χ2n) is 8.96. The number of hydrogen-bond donors (Lipinski definition) is 0. The van der Waals surface area contributed by atoms with Crippen LogP contribution >= 0.6 is 0 Å². The monoisotopic (exact) mass is 382 g/mol. The van der Waals surface area contributed by atoms with Gasteiger partial charge in [0.25, 0.3) is 0 Å². The molecule has 3 rings (SSSR count). The topological polar surface area (TPSA) is 49.9 Å². The Kier molecular flexibility index (Phi) is 5.69. The minimum Gasteiger partial charge on any atom is -0.444 e. The van der Waals surface area contributed by atoms with Crippen LogP contribution in [0.3, 0.4) is 0 Å². The molecular weight excluding hydrogens is 352 g/mol. The highest BCUT2D eigenvalue weighted by atomic mass is 16.6. The fourth-order valence-corrected chi connectivity index (χ4v) is 4.18. The van der Waals surface area contributed by atoms with Gasteiger partial charge in [0.05, 0.1) is 0 Å². The molecule has 2 fully saturated rings. The zero-order chi connectivity index (χ0) is 20.4. The number of piperidine rings is 1. The predicted octanol–water partition coefficient (Wildman–Crippen LogP) is 3.44. The lowest BCUT2D eigenvalue weighted by molar-refractivity contribution is -0.128. The van der Waals surface area contributed by atoms with Crippen LogP contribution in [0, 0.1) is 18.3 Å². The average Bonchev–Trinajstić information content (AvgIpc) is 3.01. The third-order valence-electron chi connectivity index (χ3n) is 5.70. The molecule has 0 aliphatic carbocycles. The molecule has 5 nitrogen and oxygen atoms in total. The van der Waals surface area contributed by atoms with E-state index < -0.39 is 5.60 Å². The SMILES string of the molecule is C#CC1CC(=O)N(CC2(c3ccccc3)CCN(C(=O)OC(C)(C)C)CC2)C1. The standard InChI is InChI=1S/C23H30N2O3/c1-5-18-15-20(26)25(16-18)17-23(19-9-7-6-8-10-19)11-13-24(14-12-23)21(27)28-22(2,3)4/h1,6-10,18H,11-17H2,2-4H3. The summed E-state index contributed by atoms with van der Waals surface area (Å²) < 4.78 is 5.53. The first-order chi connectivity index (χ1) is 13.2. The average molecular weight is 383 g/mol. The van der Waals surface area contributed by atoms with E-state index in [0.717, 1.165) is 12.8 Å². The Labute approximate surface area is 168 Å². The van der Waals surface area contributed by atoms with Crippen molar-refractivity contribution in [2.45, 2.75) is 51.0 Å². The lowest BCUT2D eigenvalue weighted by Crippen LogP contribution is -2.51. The van der Waals surface area contributed by atoms with Crippen LogP contribution in [-0.4, -0.2) is 53.6 Å². The highest BCUT2D eigenvalue weighted by molar-refractivity contribution is 5.79. The number of likely N-dealkylation sites (tertiary alicyclic amines) is 2. The Morgan fingerprint density at radius 3 is 2.43 bits per heavy atom. The molecule has 0 bridgehead atoms. The Morgan fingerprint density at radius 1 is 1.25 bits per heavy atom. The third-order valence-corrected chi connectivity index (χ3v) is 5.70. The lowest BCUT2D eigenvalue weighted by Gasteiger charge is -2.44. The second-order valence-corrected chi connectivity index (χ2v) is 8.96. The van der Waals surface area contributed by atoms with Crippen molar-refractivity contribution < 1.29 is 14.3 Å². The third kappa shape index (κ3) is 4.49. The summed E-state index contributed by atoms with van der Waals surface area (Å²) in [6, 6.07) is 10.3. The van der Waals surface area contributed by atoms with Crippen molar-refractivity contribution >= 4 is 12.0 Å². The highest BCUT2D eigenvalue weighted by Crippen LogP contribution is 2.38. The Hall–Kier alpha value is -2.48. The van der Waals surface area contributed by atoms with Gasteiger partial charge in [0, 0.05) is 43.9 Å². The van der Waals surface area contributed by atoms with E-state index in [1.54, 1.807) is 4.90 Å². The van der Waals surface area contributed by atoms with E-state index in [-0.39, 0.29) is 23.3 Å². The van der Waals surface area contributed by atoms with Crippen LogP contribution in [0.1, 0.15) is 45.6 Å². The van der Waals surface area contributed by atoms with Crippen molar-refractivity contribution in [2.24, 2.45) is 5.92 Å². The van der Waals surface area contributed by atoms with Gasteiger partial charge in [0.15, 0.2) is 0 Å². The molecule has 0 aromatic heterocycles. The number of ether oxygens (including phenoxy) is 1. The number of rotatable bonds is 3. The van der Waals surface area contributed by atoms with Crippen LogP contribution in [0.15, 0.2) is 30.3 Å². The maximum absolute atomic E-state index is 12.5. The molecule has 1 aromatic rings. The fourth-order valence-electron chi connectivity index (χ4n) is 4.18. The maximum Gasteiger partial charge on any atom is 0.410 e. The van der Waals surface area contributed by atoms with Gasteiger partial charge in [-0.25, -0.2) is 4.79 Å². The van der Waals surface area contributed by atoms with Gasteiger partial charge in [-0.05, 0) is 39.2 Å². The Balaban J connectivity index is 1.76. The van der Waals surface area contributed by atoms with Crippen LogP contribution in [0.4, 0.5) is 4.79 Å². The van der Waals surface area contributed by atoms with Gasteiger partial charge in [0.2, 0.25) is 5.91 Å². The van der Waals surface area contributed by atoms with Gasteiger partial charge in [-0.2, -0.15) is 0 Å². The normalized spacial score (nSPS) is 22.1. The van der Waals surface area contributed by atoms with Crippen molar-refractivity contribution in [2.75, 3.05) is 26.2 Å². The molecule has 2 amide bonds. The Bertz CT molecular complexity index is 752. The van der Waals surface area contributed by atoms with E-state index in [0.29, 0.717) is 32.6 Å². The lowest BCUT2D eigenvalue weighted by atomic mass is 9.72. The van der Waals surface area contributed by atoms with Gasteiger partial charge < -0.3 is 14.5 Å². The van der Waals surface area contributed by atoms with Gasteiger partial charge in [0.1, 0.15) is 5.60 Å². The summed E-state index contributed by atoms with van der Waals surface area (Å²) in [7, 11) is 0. The van der Waals surface area contributed by atoms with Crippen LogP contribution in [-0.2, 0) is 14.9 Å². The first-order valence-electron chi connectivity index (χ1n) is 10.00. The van der Waals surface area contributed by atoms with E-state index >= 15 is 0 Å². The Morgan fingerprint density at radius 2 is 1.89 bits per heavy atom. The van der Waals surface area contributed by atoms with E-state index in [2.05, 4.69) is 18.1 Å². The number of benzene rings is 1. The number of hydrogen-bond acceptors (Lipinski definition) is 3. The molecule has 2 aliphatic heterocycles. The highest BCUT2D eigenvalue weighted by Gasteiger charge is 2.42. The summed E-state index contributed by atoms with van der Waals surface area (Å²) in [4.78, 5) is 28.6. The van der Waals surface area contributed by atoms with Crippen molar-refractivity contribution in [1.29, 1.82) is 0 Å². The fraction of sp³-hybridized carbons (Fsp3) is 0.565. The summed E-state index contributed by atoms with van der Waals surface area (Å²) in [5.74, 6) is 2.86. The molecule has 1 unspecified atom stereocenters. The van der Waals surface area contributed by atoms with Crippen LogP contribution in [0.25, 0.3) is 0 Å². The molecule has 2 aliphatic rings. The van der Waals surface area contributed by atoms with Crippen molar-refractivity contribution in [3.8, 4) is 12.3 Å². The molecule has 2 saturated heterocycles. The zero-order valence-electron chi connectivity index (χ0n) is 17.1. The molecule has 0 radical (unpaired) electrons. The van der Waals surface area contributed by atoms with Crippen molar-refractivity contribution in [3.05, 3.63) is 35.9 Å². The summed E-state index contributed by atoms with van der Waals surface area (Å²) in [5.41, 5.74) is 0.548. The molecule has 0 saturated carbocycles. The molecule has 0 spiro atoms. The van der Waals surface area contributed by atoms with Gasteiger partial charge in [-0.15, -0.1) is 12.3 Å². The number of carbonyl (C=O) groups excluding carboxylic acids is 2. The molecule has 150 valence electrons. The first kappa shape index (κ1) is 20.3. The molecule has 1 aromatic carbocycles. The quantitative estimate of drug-likeness (QED) is 0.753. The second kappa shape index (κ2) is 7.87. The summed E-state index contributed by atoms with van der Waals surface area (Å²) >= 11 is 0. The zero-order valence-corrected chi connectivity index (χ0v) is 17.1. The number of terminal acetylenes is 1. The molecule has 1 atom stereocenters.